The Morgan fingerprint density at radius 2 is 0.664 bits per heavy atom. The normalized spacial score (nSPS) is 15.6. The number of nitrogens with zero attached hydrogens (tertiary/aromatic N) is 2. The molecule has 0 amide bonds. The Morgan fingerprint density at radius 3 is 1.29 bits per heavy atom. The molecule has 0 saturated heterocycles. The van der Waals surface area contributed by atoms with Crippen LogP contribution in [0.25, 0.3) is 160 Å². The first kappa shape index (κ1) is 59.1. The highest BCUT2D eigenvalue weighted by Crippen LogP contribution is 2.68. The molecule has 5 aliphatic rings. The molecule has 4 heteroatoms. The van der Waals surface area contributed by atoms with Crippen molar-refractivity contribution in [2.75, 3.05) is 0 Å². The summed E-state index contributed by atoms with van der Waals surface area (Å²) in [5.74, 6) is 0.897. The Kier molecular flexibility index (Phi) is 12.0. The van der Waals surface area contributed by atoms with E-state index < -0.39 is 18.0 Å². The minimum atomic E-state index is -3.18. The fourth-order valence-corrected chi connectivity index (χ4v) is 23.1. The van der Waals surface area contributed by atoms with Crippen LogP contribution in [0, 0.1) is 0 Å². The van der Waals surface area contributed by atoms with E-state index >= 15 is 4.57 Å². The maximum absolute atomic E-state index is 15.6. The van der Waals surface area contributed by atoms with E-state index in [1.807, 2.05) is 60.7 Å². The average Bonchev–Trinajstić information content (AvgIpc) is 1.50. The number of hydrogen-bond acceptors (Lipinski definition) is 2. The van der Waals surface area contributed by atoms with Crippen LogP contribution < -0.4 is 15.9 Å². The fourth-order valence-electron chi connectivity index (χ4n) is 20.4. The summed E-state index contributed by atoms with van der Waals surface area (Å²) in [5.41, 5.74) is 32.9. The maximum atomic E-state index is 15.6. The predicted octanol–water partition coefficient (Wildman–Crippen LogP) is 24.6. The first-order valence-corrected chi connectivity index (χ1v) is 38.9. The van der Waals surface area contributed by atoms with Gasteiger partial charge in [-0.3, -0.25) is 4.57 Å². The number of fused-ring (bicyclic) bond motifs is 31. The van der Waals surface area contributed by atoms with E-state index in [9.17, 15) is 0 Å². The summed E-state index contributed by atoms with van der Waals surface area (Å²) in [6.45, 7) is 0. The highest BCUT2D eigenvalue weighted by Gasteiger charge is 2.54. The first-order valence-electron chi connectivity index (χ1n) is 37.2. The highest BCUT2D eigenvalue weighted by molar-refractivity contribution is 7.85. The smallest absolute Gasteiger partial charge is 0.171 e. The fraction of sp³-hybridized carbons (Fsp3) is 0.0194. The Labute approximate surface area is 618 Å². The number of aromatic nitrogens is 2. The molecule has 1 aromatic heterocycles. The third kappa shape index (κ3) is 7.70. The summed E-state index contributed by atoms with van der Waals surface area (Å²) in [6, 6.07) is 137. The SMILES string of the molecule is O=P(c1ccccc1)(c1ccccc1)c1ccc(-c2ccc3c(c2)C2(c4ccccc4-3)c3ccccc3-c3c2cc2c4c(cccc34)-c3ccc(-c4ccc5nc(-c6ccc7c(c6)C6(c8ccccc8-7)c7ccccc7-c7cc8c9ccccc9c9ccccc9c8cc76)n(-c6ccccc6)c5c4)cc3-2)cc1. The molecule has 494 valence electrons. The van der Waals surface area contributed by atoms with Crippen molar-refractivity contribution in [3.63, 3.8) is 0 Å². The van der Waals surface area contributed by atoms with Crippen LogP contribution in [0.4, 0.5) is 0 Å². The van der Waals surface area contributed by atoms with Crippen molar-refractivity contribution in [2.24, 2.45) is 0 Å². The molecule has 107 heavy (non-hydrogen) atoms. The van der Waals surface area contributed by atoms with Gasteiger partial charge in [0.15, 0.2) is 7.14 Å². The molecule has 5 aliphatic carbocycles. The molecule has 24 rings (SSSR count). The van der Waals surface area contributed by atoms with Gasteiger partial charge in [-0.25, -0.2) is 4.98 Å². The highest BCUT2D eigenvalue weighted by atomic mass is 31.2. The summed E-state index contributed by atoms with van der Waals surface area (Å²) in [5, 5.41) is 12.7. The van der Waals surface area contributed by atoms with Gasteiger partial charge in [0, 0.05) is 27.2 Å². The van der Waals surface area contributed by atoms with Crippen molar-refractivity contribution in [2.45, 2.75) is 10.8 Å². The largest absolute Gasteiger partial charge is 0.309 e. The number of imidazole rings is 1. The molecule has 0 bridgehead atoms. The van der Waals surface area contributed by atoms with Gasteiger partial charge in [-0.15, -0.1) is 0 Å². The second kappa shape index (κ2) is 21.7. The van der Waals surface area contributed by atoms with Crippen molar-refractivity contribution < 1.29 is 4.57 Å². The molecule has 0 N–H and O–H groups in total. The van der Waals surface area contributed by atoms with Crippen LogP contribution in [0.3, 0.4) is 0 Å². The molecule has 0 fully saturated rings. The monoisotopic (exact) mass is 1370 g/mol. The molecule has 2 unspecified atom stereocenters. The molecule has 3 nitrogen and oxygen atoms in total. The van der Waals surface area contributed by atoms with E-state index in [-0.39, 0.29) is 0 Å². The van der Waals surface area contributed by atoms with Gasteiger partial charge in [-0.2, -0.15) is 0 Å². The lowest BCUT2D eigenvalue weighted by atomic mass is 9.69. The van der Waals surface area contributed by atoms with Crippen LogP contribution in [-0.4, -0.2) is 9.55 Å². The van der Waals surface area contributed by atoms with Crippen molar-refractivity contribution in [3.8, 4) is 106 Å². The Hall–Kier alpha value is -13.3. The van der Waals surface area contributed by atoms with E-state index in [0.29, 0.717) is 0 Å². The minimum Gasteiger partial charge on any atom is -0.309 e. The summed E-state index contributed by atoms with van der Waals surface area (Å²) in [6.07, 6.45) is 0. The lowest BCUT2D eigenvalue weighted by Crippen LogP contribution is -2.26. The van der Waals surface area contributed by atoms with Gasteiger partial charge in [-0.1, -0.05) is 309 Å². The van der Waals surface area contributed by atoms with Crippen LogP contribution in [0.5, 0.6) is 0 Å². The second-order valence-electron chi connectivity index (χ2n) is 29.7. The minimum absolute atomic E-state index is 0.597. The van der Waals surface area contributed by atoms with Crippen LogP contribution >= 0.6 is 7.14 Å². The standard InChI is InChI=1S/C103H61N2OP/c106-107(68-25-6-2-7-26-68,69-27-8-3-9-28-69)70-49-43-62(44-50-70)64-46-52-79-77-34-15-19-40-90(77)103(93(79)56-64)92-42-21-17-36-82(92)100-83-38-22-37-81-75-51-45-63(55-84(75)88(99(81)83)61-96(100)103)65-48-54-97-98(58-65)105(67-23-4-1-5-24-67)101(104-97)66-47-53-80-76-33-14-18-39-89(76)102(94(80)57-66)91-41-20-16-35-78(91)87-59-85-73-31-12-10-29-71(73)72-30-11-13-32-74(72)86(85)60-95(87)102/h1-61H. The number of rotatable bonds is 7. The molecule has 18 aromatic carbocycles. The third-order valence-electron chi connectivity index (χ3n) is 24.8. The summed E-state index contributed by atoms with van der Waals surface area (Å²) in [4.78, 5) is 5.71. The third-order valence-corrected chi connectivity index (χ3v) is 27.9. The van der Waals surface area contributed by atoms with Gasteiger partial charge in [-0.05, 0) is 237 Å². The molecule has 0 radical (unpaired) electrons. The summed E-state index contributed by atoms with van der Waals surface area (Å²) >= 11 is 0. The Bertz CT molecular complexity index is 7170. The molecular formula is C103H61N2OP. The first-order chi connectivity index (χ1) is 52.9. The second-order valence-corrected chi connectivity index (χ2v) is 32.5. The summed E-state index contributed by atoms with van der Waals surface area (Å²) in [7, 11) is -3.18. The Balaban J connectivity index is 0.658. The van der Waals surface area contributed by atoms with E-state index in [1.165, 1.54) is 154 Å². The zero-order valence-electron chi connectivity index (χ0n) is 58.0. The molecule has 19 aromatic rings. The van der Waals surface area contributed by atoms with Crippen molar-refractivity contribution in [1.29, 1.82) is 0 Å². The van der Waals surface area contributed by atoms with Gasteiger partial charge in [0.2, 0.25) is 0 Å². The molecule has 2 atom stereocenters. The van der Waals surface area contributed by atoms with Gasteiger partial charge in [0.25, 0.3) is 0 Å². The topological polar surface area (TPSA) is 34.9 Å². The van der Waals surface area contributed by atoms with Gasteiger partial charge >= 0.3 is 0 Å². The van der Waals surface area contributed by atoms with Gasteiger partial charge < -0.3 is 4.57 Å². The average molecular weight is 1370 g/mol. The zero-order valence-corrected chi connectivity index (χ0v) is 58.9. The molecule has 0 aliphatic heterocycles. The number of benzene rings is 18. The van der Waals surface area contributed by atoms with E-state index in [0.717, 1.165) is 66.3 Å². The predicted molar refractivity (Wildman–Crippen MR) is 444 cm³/mol. The zero-order chi connectivity index (χ0) is 70.0. The van der Waals surface area contributed by atoms with E-state index in [1.54, 1.807) is 0 Å². The molecule has 2 spiro atoms. The van der Waals surface area contributed by atoms with Crippen LogP contribution in [0.2, 0.25) is 0 Å². The van der Waals surface area contributed by atoms with E-state index in [4.69, 9.17) is 4.98 Å². The Morgan fingerprint density at radius 1 is 0.243 bits per heavy atom. The van der Waals surface area contributed by atoms with Crippen molar-refractivity contribution in [3.05, 3.63) is 415 Å². The number of para-hydroxylation sites is 1. The lowest BCUT2D eigenvalue weighted by Gasteiger charge is -2.31. The lowest BCUT2D eigenvalue weighted by molar-refractivity contribution is 0.592. The quantitative estimate of drug-likeness (QED) is 0.118. The molecular weight excluding hydrogens is 1310 g/mol. The molecule has 0 saturated carbocycles. The van der Waals surface area contributed by atoms with Crippen LogP contribution in [-0.2, 0) is 15.4 Å². The number of hydrogen-bond donors (Lipinski definition) is 0. The van der Waals surface area contributed by atoms with Gasteiger partial charge in [0.1, 0.15) is 5.82 Å². The maximum Gasteiger partial charge on any atom is 0.171 e. The van der Waals surface area contributed by atoms with Crippen molar-refractivity contribution >= 4 is 77.2 Å². The van der Waals surface area contributed by atoms with Gasteiger partial charge in [0.05, 0.1) is 21.9 Å². The van der Waals surface area contributed by atoms with Crippen molar-refractivity contribution in [1.82, 2.24) is 9.55 Å². The van der Waals surface area contributed by atoms with Crippen LogP contribution in [0.15, 0.2) is 370 Å². The summed E-state index contributed by atoms with van der Waals surface area (Å²) < 4.78 is 18.0. The molecule has 1 heterocycles. The van der Waals surface area contributed by atoms with E-state index in [2.05, 4.69) is 314 Å². The van der Waals surface area contributed by atoms with Crippen LogP contribution in [0.1, 0.15) is 44.5 Å².